The molecular weight excluding hydrogens is 550 g/mol. The van der Waals surface area contributed by atoms with E-state index >= 15 is 0 Å². The van der Waals surface area contributed by atoms with Gasteiger partial charge in [0.25, 0.3) is 5.91 Å². The van der Waals surface area contributed by atoms with Crippen LogP contribution in [0.15, 0.2) is 97.3 Å². The molecule has 2 amide bonds. The molecule has 42 heavy (non-hydrogen) atoms. The van der Waals surface area contributed by atoms with Crippen molar-refractivity contribution in [2.24, 2.45) is 0 Å². The number of H-pyrrole nitrogens is 1. The minimum Gasteiger partial charge on any atom is -0.360 e. The number of aromatic nitrogens is 3. The second kappa shape index (κ2) is 12.7. The van der Waals surface area contributed by atoms with Gasteiger partial charge in [-0.05, 0) is 42.5 Å². The number of carbonyl (C=O) groups is 2. The molecule has 0 radical (unpaired) electrons. The largest absolute Gasteiger partial charge is 0.360 e. The molecule has 5 aromatic rings. The van der Waals surface area contributed by atoms with Crippen molar-refractivity contribution in [2.45, 2.75) is 0 Å². The third-order valence-corrected chi connectivity index (χ3v) is 6.50. The number of rotatable bonds is 9. The van der Waals surface area contributed by atoms with Crippen molar-refractivity contribution in [3.63, 3.8) is 0 Å². The van der Waals surface area contributed by atoms with E-state index in [4.69, 9.17) is 18.0 Å². The van der Waals surface area contributed by atoms with E-state index in [1.165, 1.54) is 6.08 Å². The van der Waals surface area contributed by atoms with Crippen LogP contribution in [-0.4, -0.2) is 45.3 Å². The number of nitrogens with one attached hydrogen (secondary N) is 4. The Morgan fingerprint density at radius 3 is 2.62 bits per heavy atom. The van der Waals surface area contributed by atoms with Crippen LogP contribution in [0.25, 0.3) is 22.2 Å². The van der Waals surface area contributed by atoms with Gasteiger partial charge in [0, 0.05) is 71.0 Å². The maximum absolute atomic E-state index is 13.0. The van der Waals surface area contributed by atoms with Gasteiger partial charge in [0.05, 0.1) is 16.9 Å². The summed E-state index contributed by atoms with van der Waals surface area (Å²) in [7, 11) is 1.74. The quantitative estimate of drug-likeness (QED) is 0.0932. The van der Waals surface area contributed by atoms with Gasteiger partial charge in [-0.25, -0.2) is 9.97 Å². The molecule has 0 fully saturated rings. The predicted octanol–water partition coefficient (Wildman–Crippen LogP) is 6.29. The first-order chi connectivity index (χ1) is 20.4. The summed E-state index contributed by atoms with van der Waals surface area (Å²) in [6, 6.07) is 24.2. The van der Waals surface area contributed by atoms with E-state index < -0.39 is 0 Å². The third-order valence-electron chi connectivity index (χ3n) is 6.23. The summed E-state index contributed by atoms with van der Waals surface area (Å²) in [6.07, 6.45) is 11.8. The molecule has 0 aliphatic rings. The highest BCUT2D eigenvalue weighted by atomic mass is 35.5. The highest BCUT2D eigenvalue weighted by molar-refractivity contribution is 6.33. The molecule has 208 valence electrons. The normalized spacial score (nSPS) is 10.8. The first-order valence-corrected chi connectivity index (χ1v) is 13.3. The molecule has 0 bridgehead atoms. The van der Waals surface area contributed by atoms with Gasteiger partial charge in [-0.2, -0.15) is 0 Å². The van der Waals surface area contributed by atoms with Crippen LogP contribution in [0.1, 0.15) is 10.4 Å². The standard InChI is InChI=1S/C32H26ClN7O2/c1-3-40(2)16-8-15-29(41)36-22-10-6-9-21(17-22)31(42)37-23-11-7-12-24(18-23)38-32-35-20-27(33)30(39-32)26-19-34-28-14-5-4-13-25(26)28/h1,4-15,17-20,34H,16H2,2H3,(H,36,41)(H,37,42)(H,35,38,39). The molecule has 4 N–H and O–H groups in total. The molecule has 2 aromatic heterocycles. The molecule has 0 spiro atoms. The second-order valence-electron chi connectivity index (χ2n) is 9.28. The molecule has 10 heteroatoms. The number of halogens is 1. The van der Waals surface area contributed by atoms with Gasteiger partial charge >= 0.3 is 0 Å². The van der Waals surface area contributed by atoms with Gasteiger partial charge in [0.2, 0.25) is 11.9 Å². The number of fused-ring (bicyclic) bond motifs is 1. The van der Waals surface area contributed by atoms with Crippen molar-refractivity contribution in [3.05, 3.63) is 108 Å². The zero-order valence-corrected chi connectivity index (χ0v) is 23.3. The van der Waals surface area contributed by atoms with E-state index in [0.717, 1.165) is 16.5 Å². The van der Waals surface area contributed by atoms with E-state index in [0.29, 0.717) is 45.8 Å². The van der Waals surface area contributed by atoms with Crippen LogP contribution in [0.2, 0.25) is 5.02 Å². The molecule has 0 aliphatic heterocycles. The second-order valence-corrected chi connectivity index (χ2v) is 9.69. The Morgan fingerprint density at radius 1 is 1.02 bits per heavy atom. The summed E-state index contributed by atoms with van der Waals surface area (Å²) in [6.45, 7) is 0.440. The number of anilines is 4. The van der Waals surface area contributed by atoms with Crippen LogP contribution >= 0.6 is 11.6 Å². The number of terminal acetylenes is 1. The summed E-state index contributed by atoms with van der Waals surface area (Å²) in [5, 5.41) is 10.2. The number of amides is 2. The Hall–Kier alpha value is -5.59. The van der Waals surface area contributed by atoms with Gasteiger partial charge in [0.1, 0.15) is 0 Å². The lowest BCUT2D eigenvalue weighted by Gasteiger charge is -2.11. The molecule has 0 unspecified atom stereocenters. The first kappa shape index (κ1) is 28.0. The number of para-hydroxylation sites is 1. The maximum Gasteiger partial charge on any atom is 0.255 e. The van der Waals surface area contributed by atoms with Gasteiger partial charge in [-0.3, -0.25) is 9.59 Å². The summed E-state index contributed by atoms with van der Waals surface area (Å²) in [4.78, 5) is 39.0. The lowest BCUT2D eigenvalue weighted by atomic mass is 10.1. The Morgan fingerprint density at radius 2 is 1.79 bits per heavy atom. The fraction of sp³-hybridized carbons (Fsp3) is 0.0625. The van der Waals surface area contributed by atoms with Gasteiger partial charge in [-0.15, -0.1) is 0 Å². The molecule has 0 aliphatic carbocycles. The summed E-state index contributed by atoms with van der Waals surface area (Å²) in [5.41, 5.74) is 4.55. The molecule has 9 nitrogen and oxygen atoms in total. The average Bonchev–Trinajstić information content (AvgIpc) is 3.42. The number of carbonyl (C=O) groups excluding carboxylic acids is 2. The average molecular weight is 576 g/mol. The molecule has 2 heterocycles. The van der Waals surface area contributed by atoms with Crippen molar-refractivity contribution in [1.29, 1.82) is 0 Å². The van der Waals surface area contributed by atoms with Crippen molar-refractivity contribution < 1.29 is 9.59 Å². The zero-order valence-electron chi connectivity index (χ0n) is 22.6. The third kappa shape index (κ3) is 6.75. The maximum atomic E-state index is 13.0. The molecule has 0 saturated heterocycles. The molecule has 5 rings (SSSR count). The summed E-state index contributed by atoms with van der Waals surface area (Å²) < 4.78 is 0. The molecule has 0 saturated carbocycles. The zero-order chi connectivity index (χ0) is 29.5. The number of hydrogen-bond donors (Lipinski definition) is 4. The topological polar surface area (TPSA) is 115 Å². The Kier molecular flexibility index (Phi) is 8.47. The first-order valence-electron chi connectivity index (χ1n) is 12.9. The smallest absolute Gasteiger partial charge is 0.255 e. The van der Waals surface area contributed by atoms with Gasteiger partial charge < -0.3 is 25.8 Å². The SMILES string of the molecule is C#CN(C)CC=CC(=O)Nc1cccc(C(=O)Nc2cccc(Nc3ncc(Cl)c(-c4c[nH]c5ccccc45)n3)c2)c1. The van der Waals surface area contributed by atoms with Crippen molar-refractivity contribution in [3.8, 4) is 23.7 Å². The van der Waals surface area contributed by atoms with E-state index in [1.807, 2.05) is 36.5 Å². The number of aromatic amines is 1. The van der Waals surface area contributed by atoms with E-state index in [2.05, 4.69) is 36.9 Å². The molecular formula is C32H26ClN7O2. The fourth-order valence-electron chi connectivity index (χ4n) is 4.18. The van der Waals surface area contributed by atoms with E-state index in [-0.39, 0.29) is 11.8 Å². The van der Waals surface area contributed by atoms with Crippen LogP contribution in [0.4, 0.5) is 23.0 Å². The number of benzene rings is 3. The van der Waals surface area contributed by atoms with Crippen LogP contribution in [0.5, 0.6) is 0 Å². The fourth-order valence-corrected chi connectivity index (χ4v) is 4.38. The van der Waals surface area contributed by atoms with Crippen LogP contribution in [-0.2, 0) is 4.79 Å². The minimum absolute atomic E-state index is 0.325. The van der Waals surface area contributed by atoms with Crippen LogP contribution < -0.4 is 16.0 Å². The number of hydrogen-bond acceptors (Lipinski definition) is 6. The molecule has 0 atom stereocenters. The van der Waals surface area contributed by atoms with Crippen LogP contribution in [0, 0.1) is 12.5 Å². The Balaban J connectivity index is 1.26. The van der Waals surface area contributed by atoms with E-state index in [1.54, 1.807) is 66.7 Å². The Bertz CT molecular complexity index is 1840. The van der Waals surface area contributed by atoms with Crippen molar-refractivity contribution >= 4 is 57.3 Å². The molecule has 3 aromatic carbocycles. The monoisotopic (exact) mass is 575 g/mol. The minimum atomic E-state index is -0.334. The summed E-state index contributed by atoms with van der Waals surface area (Å²) in [5.74, 6) is -0.306. The van der Waals surface area contributed by atoms with Gasteiger partial charge in [-0.1, -0.05) is 54.4 Å². The lowest BCUT2D eigenvalue weighted by molar-refractivity contribution is -0.111. The van der Waals surface area contributed by atoms with Gasteiger partial charge in [0.15, 0.2) is 0 Å². The lowest BCUT2D eigenvalue weighted by Crippen LogP contribution is -2.14. The summed E-state index contributed by atoms with van der Waals surface area (Å²) >= 11 is 6.46. The van der Waals surface area contributed by atoms with Crippen molar-refractivity contribution in [2.75, 3.05) is 29.5 Å². The highest BCUT2D eigenvalue weighted by Crippen LogP contribution is 2.32. The predicted molar refractivity (Wildman–Crippen MR) is 168 cm³/mol. The highest BCUT2D eigenvalue weighted by Gasteiger charge is 2.14. The Labute approximate surface area is 247 Å². The van der Waals surface area contributed by atoms with Crippen LogP contribution in [0.3, 0.4) is 0 Å². The van der Waals surface area contributed by atoms with Crippen molar-refractivity contribution in [1.82, 2.24) is 19.9 Å². The number of nitrogens with zero attached hydrogens (tertiary/aromatic N) is 3. The van der Waals surface area contributed by atoms with E-state index in [9.17, 15) is 9.59 Å². The number of likely N-dealkylation sites (N-methyl/N-ethyl adjacent to an activating group) is 1.